The molecule has 7 heteroatoms. The summed E-state index contributed by atoms with van der Waals surface area (Å²) in [7, 11) is 0. The van der Waals surface area contributed by atoms with Crippen molar-refractivity contribution >= 4 is 46.4 Å². The number of carbonyl (C=O) groups is 2. The Morgan fingerprint density at radius 2 is 1.55 bits per heavy atom. The molecule has 0 atom stereocenters. The smallest absolute Gasteiger partial charge is 0.259 e. The summed E-state index contributed by atoms with van der Waals surface area (Å²) >= 11 is 11.6. The molecular formula is C15H12Cl2N2O3. The number of nitrogens with one attached hydrogen (secondary N) is 2. The molecule has 2 aromatic carbocycles. The second-order valence-corrected chi connectivity index (χ2v) is 5.34. The second-order valence-electron chi connectivity index (χ2n) is 4.50. The fourth-order valence-electron chi connectivity index (χ4n) is 1.78. The average molecular weight is 339 g/mol. The van der Waals surface area contributed by atoms with Crippen LogP contribution in [0.1, 0.15) is 17.3 Å². The van der Waals surface area contributed by atoms with Gasteiger partial charge in [-0.1, -0.05) is 23.2 Å². The highest BCUT2D eigenvalue weighted by molar-refractivity contribution is 6.36. The van der Waals surface area contributed by atoms with Gasteiger partial charge in [0.15, 0.2) is 0 Å². The third-order valence-electron chi connectivity index (χ3n) is 2.74. The number of rotatable bonds is 3. The number of amides is 2. The average Bonchev–Trinajstić information content (AvgIpc) is 2.44. The normalized spacial score (nSPS) is 10.1. The highest BCUT2D eigenvalue weighted by Gasteiger charge is 2.15. The Bertz CT molecular complexity index is 730. The number of hydrogen-bond donors (Lipinski definition) is 3. The first kappa shape index (κ1) is 16.1. The van der Waals surface area contributed by atoms with E-state index in [9.17, 15) is 14.7 Å². The predicted molar refractivity (Wildman–Crippen MR) is 86.8 cm³/mol. The summed E-state index contributed by atoms with van der Waals surface area (Å²) in [6, 6.07) is 9.18. The van der Waals surface area contributed by atoms with Crippen molar-refractivity contribution in [2.75, 3.05) is 10.6 Å². The van der Waals surface area contributed by atoms with Crippen LogP contribution in [0.25, 0.3) is 0 Å². The summed E-state index contributed by atoms with van der Waals surface area (Å²) in [5.41, 5.74) is 1.08. The lowest BCUT2D eigenvalue weighted by atomic mass is 10.1. The lowest BCUT2D eigenvalue weighted by molar-refractivity contribution is -0.114. The maximum Gasteiger partial charge on any atom is 0.259 e. The first-order valence-corrected chi connectivity index (χ1v) is 6.99. The van der Waals surface area contributed by atoms with Gasteiger partial charge in [0, 0.05) is 23.3 Å². The van der Waals surface area contributed by atoms with E-state index in [0.29, 0.717) is 11.4 Å². The zero-order valence-corrected chi connectivity index (χ0v) is 13.0. The van der Waals surface area contributed by atoms with Crippen molar-refractivity contribution in [3.05, 3.63) is 52.0 Å². The van der Waals surface area contributed by atoms with E-state index in [2.05, 4.69) is 10.6 Å². The molecule has 0 aliphatic rings. The largest absolute Gasteiger partial charge is 0.506 e. The second kappa shape index (κ2) is 6.68. The van der Waals surface area contributed by atoms with Crippen molar-refractivity contribution in [2.24, 2.45) is 0 Å². The van der Waals surface area contributed by atoms with E-state index in [1.54, 1.807) is 24.3 Å². The molecule has 3 N–H and O–H groups in total. The van der Waals surface area contributed by atoms with Gasteiger partial charge < -0.3 is 15.7 Å². The Morgan fingerprint density at radius 1 is 1.00 bits per heavy atom. The van der Waals surface area contributed by atoms with Crippen LogP contribution >= 0.6 is 23.2 Å². The van der Waals surface area contributed by atoms with Gasteiger partial charge in [-0.15, -0.1) is 0 Å². The van der Waals surface area contributed by atoms with Gasteiger partial charge in [0.1, 0.15) is 5.75 Å². The van der Waals surface area contributed by atoms with Crippen LogP contribution in [0, 0.1) is 0 Å². The van der Waals surface area contributed by atoms with Gasteiger partial charge in [0.2, 0.25) is 5.91 Å². The van der Waals surface area contributed by atoms with Crippen LogP contribution in [0.4, 0.5) is 11.4 Å². The van der Waals surface area contributed by atoms with E-state index in [0.717, 1.165) is 0 Å². The van der Waals surface area contributed by atoms with Gasteiger partial charge in [-0.3, -0.25) is 9.59 Å². The molecule has 0 saturated carbocycles. The monoisotopic (exact) mass is 338 g/mol. The van der Waals surface area contributed by atoms with E-state index in [1.165, 1.54) is 19.1 Å². The van der Waals surface area contributed by atoms with Crippen LogP contribution < -0.4 is 10.6 Å². The van der Waals surface area contributed by atoms with E-state index < -0.39 is 5.91 Å². The van der Waals surface area contributed by atoms with Gasteiger partial charge in [-0.05, 0) is 36.4 Å². The van der Waals surface area contributed by atoms with Crippen LogP contribution in [-0.2, 0) is 4.79 Å². The first-order valence-electron chi connectivity index (χ1n) is 6.24. The molecule has 0 fully saturated rings. The number of hydrogen-bond acceptors (Lipinski definition) is 3. The first-order chi connectivity index (χ1) is 10.4. The molecule has 2 amide bonds. The highest BCUT2D eigenvalue weighted by atomic mass is 35.5. The molecule has 0 unspecified atom stereocenters. The van der Waals surface area contributed by atoms with Crippen molar-refractivity contribution < 1.29 is 14.7 Å². The number of anilines is 2. The lowest BCUT2D eigenvalue weighted by Crippen LogP contribution is -2.12. The van der Waals surface area contributed by atoms with E-state index in [1.807, 2.05) is 0 Å². The van der Waals surface area contributed by atoms with Crippen LogP contribution in [0.2, 0.25) is 10.0 Å². The van der Waals surface area contributed by atoms with E-state index >= 15 is 0 Å². The van der Waals surface area contributed by atoms with Crippen LogP contribution in [0.3, 0.4) is 0 Å². The van der Waals surface area contributed by atoms with Crippen LogP contribution in [0.5, 0.6) is 5.75 Å². The van der Waals surface area contributed by atoms with Crippen molar-refractivity contribution in [1.29, 1.82) is 0 Å². The van der Waals surface area contributed by atoms with Crippen molar-refractivity contribution in [2.45, 2.75) is 6.92 Å². The minimum absolute atomic E-state index is 0.00124. The summed E-state index contributed by atoms with van der Waals surface area (Å²) in [6.07, 6.45) is 0. The quantitative estimate of drug-likeness (QED) is 0.793. The standard InChI is InChI=1S/C15H12Cl2N2O3/c1-8(20)18-10-2-4-11(5-3-10)19-15(22)12-6-9(16)7-13(17)14(12)21/h2-7,21H,1H3,(H,18,20)(H,19,22). The number of halogens is 2. The molecule has 114 valence electrons. The minimum Gasteiger partial charge on any atom is -0.506 e. The summed E-state index contributed by atoms with van der Waals surface area (Å²) in [5.74, 6) is -1.07. The summed E-state index contributed by atoms with van der Waals surface area (Å²) < 4.78 is 0. The molecule has 2 aromatic rings. The fraction of sp³-hybridized carbons (Fsp3) is 0.0667. The molecule has 0 spiro atoms. The zero-order valence-electron chi connectivity index (χ0n) is 11.5. The van der Waals surface area contributed by atoms with Gasteiger partial charge >= 0.3 is 0 Å². The fourth-order valence-corrected chi connectivity index (χ4v) is 2.27. The Kier molecular flexibility index (Phi) is 4.90. The molecule has 22 heavy (non-hydrogen) atoms. The van der Waals surface area contributed by atoms with E-state index in [4.69, 9.17) is 23.2 Å². The molecule has 0 saturated heterocycles. The molecule has 0 radical (unpaired) electrons. The minimum atomic E-state index is -0.547. The predicted octanol–water partition coefficient (Wildman–Crippen LogP) is 3.91. The van der Waals surface area contributed by atoms with Crippen molar-refractivity contribution in [3.63, 3.8) is 0 Å². The molecule has 0 heterocycles. The van der Waals surface area contributed by atoms with Gasteiger partial charge in [0.25, 0.3) is 5.91 Å². The zero-order chi connectivity index (χ0) is 16.3. The summed E-state index contributed by atoms with van der Waals surface area (Å²) in [6.45, 7) is 1.40. The summed E-state index contributed by atoms with van der Waals surface area (Å²) in [4.78, 5) is 23.1. The maximum absolute atomic E-state index is 12.1. The van der Waals surface area contributed by atoms with Crippen molar-refractivity contribution in [1.82, 2.24) is 0 Å². The number of phenols is 1. The Morgan fingerprint density at radius 3 is 2.09 bits per heavy atom. The molecular weight excluding hydrogens is 327 g/mol. The topological polar surface area (TPSA) is 78.4 Å². The van der Waals surface area contributed by atoms with Crippen molar-refractivity contribution in [3.8, 4) is 5.75 Å². The molecule has 2 rings (SSSR count). The number of carbonyl (C=O) groups excluding carboxylic acids is 2. The lowest BCUT2D eigenvalue weighted by Gasteiger charge is -2.09. The van der Waals surface area contributed by atoms with Gasteiger partial charge in [-0.25, -0.2) is 0 Å². The van der Waals surface area contributed by atoms with Crippen LogP contribution in [-0.4, -0.2) is 16.9 Å². The SMILES string of the molecule is CC(=O)Nc1ccc(NC(=O)c2cc(Cl)cc(Cl)c2O)cc1. The molecule has 0 bridgehead atoms. The molecule has 0 aliphatic heterocycles. The number of phenolic OH excluding ortho intramolecular Hbond substituents is 1. The highest BCUT2D eigenvalue weighted by Crippen LogP contribution is 2.31. The molecule has 5 nitrogen and oxygen atoms in total. The maximum atomic E-state index is 12.1. The number of benzene rings is 2. The van der Waals surface area contributed by atoms with Crippen LogP contribution in [0.15, 0.2) is 36.4 Å². The van der Waals surface area contributed by atoms with E-state index in [-0.39, 0.29) is 27.3 Å². The Labute approximate surface area is 136 Å². The molecule has 0 aromatic heterocycles. The number of aromatic hydroxyl groups is 1. The molecule has 0 aliphatic carbocycles. The third kappa shape index (κ3) is 3.90. The Balaban J connectivity index is 2.17. The third-order valence-corrected chi connectivity index (χ3v) is 3.24. The van der Waals surface area contributed by atoms with Gasteiger partial charge in [0.05, 0.1) is 10.6 Å². The Hall–Kier alpha value is -2.24. The summed E-state index contributed by atoms with van der Waals surface area (Å²) in [5, 5.41) is 15.3. The van der Waals surface area contributed by atoms with Gasteiger partial charge in [-0.2, -0.15) is 0 Å².